The molecule has 0 saturated heterocycles. The normalized spacial score (nSPS) is 14.5. The van der Waals surface area contributed by atoms with Gasteiger partial charge in [0.1, 0.15) is 11.0 Å². The number of ether oxygens (including phenoxy) is 1. The van der Waals surface area contributed by atoms with Gasteiger partial charge in [0, 0.05) is 17.7 Å². The highest BCUT2D eigenvalue weighted by atomic mass is 35.5. The lowest BCUT2D eigenvalue weighted by molar-refractivity contribution is -0.144. The molecule has 0 radical (unpaired) electrons. The number of nitrogens with one attached hydrogen (secondary N) is 1. The number of nitrogens with zero attached hydrogens (tertiary/aromatic N) is 2. The Labute approximate surface area is 167 Å². The third-order valence-electron chi connectivity index (χ3n) is 4.57. The summed E-state index contributed by atoms with van der Waals surface area (Å²) in [7, 11) is 0. The van der Waals surface area contributed by atoms with Gasteiger partial charge in [0.05, 0.1) is 11.4 Å². The molecule has 28 heavy (non-hydrogen) atoms. The van der Waals surface area contributed by atoms with Crippen LogP contribution in [0, 0.1) is 12.7 Å². The topological polar surface area (TPSA) is 73.2 Å². The monoisotopic (exact) mass is 405 g/mol. The minimum absolute atomic E-state index is 0.181. The van der Waals surface area contributed by atoms with Crippen LogP contribution in [0.2, 0.25) is 5.15 Å². The molecule has 0 aliphatic heterocycles. The maximum Gasteiger partial charge on any atom is 0.331 e. The van der Waals surface area contributed by atoms with Crippen molar-refractivity contribution in [1.82, 2.24) is 15.1 Å². The lowest BCUT2D eigenvalue weighted by Gasteiger charge is -2.11. The Morgan fingerprint density at radius 2 is 2.00 bits per heavy atom. The summed E-state index contributed by atoms with van der Waals surface area (Å²) in [5, 5.41) is 7.45. The molecule has 1 saturated carbocycles. The summed E-state index contributed by atoms with van der Waals surface area (Å²) in [4.78, 5) is 23.7. The summed E-state index contributed by atoms with van der Waals surface area (Å²) in [6.07, 6.45) is 6.85. The van der Waals surface area contributed by atoms with Gasteiger partial charge in [-0.15, -0.1) is 0 Å². The first-order valence-electron chi connectivity index (χ1n) is 9.09. The number of amides is 1. The van der Waals surface area contributed by atoms with Gasteiger partial charge in [0.15, 0.2) is 6.61 Å². The molecule has 1 amide bonds. The summed E-state index contributed by atoms with van der Waals surface area (Å²) in [6.45, 7) is 1.42. The first-order chi connectivity index (χ1) is 13.4. The van der Waals surface area contributed by atoms with Crippen LogP contribution in [0.4, 0.5) is 4.39 Å². The molecule has 0 unspecified atom stereocenters. The molecule has 0 bridgehead atoms. The number of rotatable bonds is 6. The van der Waals surface area contributed by atoms with Crippen LogP contribution in [-0.4, -0.2) is 34.3 Å². The Balaban J connectivity index is 1.59. The van der Waals surface area contributed by atoms with E-state index in [2.05, 4.69) is 10.4 Å². The van der Waals surface area contributed by atoms with Gasteiger partial charge in [-0.3, -0.25) is 4.79 Å². The van der Waals surface area contributed by atoms with Gasteiger partial charge in [0.25, 0.3) is 5.91 Å². The first-order valence-corrected chi connectivity index (χ1v) is 9.47. The van der Waals surface area contributed by atoms with Crippen molar-refractivity contribution >= 4 is 29.6 Å². The highest BCUT2D eigenvalue weighted by molar-refractivity contribution is 6.31. The van der Waals surface area contributed by atoms with Gasteiger partial charge in [-0.2, -0.15) is 5.10 Å². The molecule has 3 rings (SSSR count). The number of carbonyl (C=O) groups is 2. The maximum atomic E-state index is 13.1. The highest BCUT2D eigenvalue weighted by Crippen LogP contribution is 2.25. The Morgan fingerprint density at radius 3 is 2.68 bits per heavy atom. The molecule has 1 N–H and O–H groups in total. The number of aryl methyl sites for hydroxylation is 1. The van der Waals surface area contributed by atoms with Crippen molar-refractivity contribution < 1.29 is 18.7 Å². The second kappa shape index (κ2) is 9.01. The van der Waals surface area contributed by atoms with E-state index in [0.29, 0.717) is 16.9 Å². The Kier molecular flexibility index (Phi) is 6.46. The van der Waals surface area contributed by atoms with Crippen LogP contribution in [-0.2, 0) is 14.3 Å². The van der Waals surface area contributed by atoms with Crippen LogP contribution in [0.15, 0.2) is 30.3 Å². The molecular weight excluding hydrogens is 385 g/mol. The van der Waals surface area contributed by atoms with Crippen molar-refractivity contribution in [2.24, 2.45) is 0 Å². The molecule has 6 nitrogen and oxygen atoms in total. The number of benzene rings is 1. The zero-order valence-electron chi connectivity index (χ0n) is 15.5. The van der Waals surface area contributed by atoms with E-state index in [1.165, 1.54) is 29.0 Å². The fourth-order valence-electron chi connectivity index (χ4n) is 3.13. The molecule has 148 valence electrons. The van der Waals surface area contributed by atoms with Crippen molar-refractivity contribution in [2.75, 3.05) is 6.61 Å². The molecule has 0 atom stereocenters. The summed E-state index contributed by atoms with van der Waals surface area (Å²) in [5.41, 5.74) is 1.73. The molecule has 2 aromatic rings. The average Bonchev–Trinajstić information content (AvgIpc) is 3.27. The van der Waals surface area contributed by atoms with Gasteiger partial charge in [-0.25, -0.2) is 13.9 Å². The molecule has 1 fully saturated rings. The van der Waals surface area contributed by atoms with Crippen molar-refractivity contribution in [3.05, 3.63) is 52.6 Å². The van der Waals surface area contributed by atoms with Gasteiger partial charge < -0.3 is 10.1 Å². The van der Waals surface area contributed by atoms with Gasteiger partial charge in [-0.05, 0) is 50.1 Å². The number of esters is 1. The summed E-state index contributed by atoms with van der Waals surface area (Å²) < 4.78 is 19.5. The van der Waals surface area contributed by atoms with Gasteiger partial charge in [-0.1, -0.05) is 24.4 Å². The lowest BCUT2D eigenvalue weighted by Crippen LogP contribution is -2.35. The van der Waals surface area contributed by atoms with Crippen molar-refractivity contribution in [2.45, 2.75) is 38.6 Å². The molecule has 1 heterocycles. The van der Waals surface area contributed by atoms with Crippen LogP contribution in [0.3, 0.4) is 0 Å². The van der Waals surface area contributed by atoms with E-state index < -0.39 is 5.97 Å². The van der Waals surface area contributed by atoms with Gasteiger partial charge in [0.2, 0.25) is 0 Å². The van der Waals surface area contributed by atoms with E-state index in [-0.39, 0.29) is 29.5 Å². The van der Waals surface area contributed by atoms with E-state index in [1.807, 2.05) is 0 Å². The molecule has 1 aromatic heterocycles. The summed E-state index contributed by atoms with van der Waals surface area (Å²) in [5.74, 6) is -1.30. The predicted molar refractivity (Wildman–Crippen MR) is 104 cm³/mol. The number of aromatic nitrogens is 2. The van der Waals surface area contributed by atoms with Crippen molar-refractivity contribution in [3.8, 4) is 5.69 Å². The Bertz CT molecular complexity index is 887. The highest BCUT2D eigenvalue weighted by Gasteiger charge is 2.18. The van der Waals surface area contributed by atoms with Crippen LogP contribution in [0.5, 0.6) is 0 Å². The summed E-state index contributed by atoms with van der Waals surface area (Å²) >= 11 is 6.35. The van der Waals surface area contributed by atoms with E-state index in [9.17, 15) is 14.0 Å². The van der Waals surface area contributed by atoms with Crippen molar-refractivity contribution in [3.63, 3.8) is 0 Å². The van der Waals surface area contributed by atoms with Crippen LogP contribution < -0.4 is 5.32 Å². The summed E-state index contributed by atoms with van der Waals surface area (Å²) in [6, 6.07) is 5.91. The minimum Gasteiger partial charge on any atom is -0.452 e. The SMILES string of the molecule is Cc1nn(-c2ccc(F)cc2)c(Cl)c1/C=C/C(=O)OCC(=O)NC1CCCC1. The predicted octanol–water partition coefficient (Wildman–Crippen LogP) is 3.59. The van der Waals surface area contributed by atoms with E-state index in [4.69, 9.17) is 16.3 Å². The fourth-order valence-corrected chi connectivity index (χ4v) is 3.46. The molecule has 8 heteroatoms. The van der Waals surface area contributed by atoms with Crippen molar-refractivity contribution in [1.29, 1.82) is 0 Å². The Hall–Kier alpha value is -2.67. The fraction of sp³-hybridized carbons (Fsp3) is 0.350. The minimum atomic E-state index is -0.647. The first kappa shape index (κ1) is 20.1. The third kappa shape index (κ3) is 4.98. The molecule has 1 aliphatic rings. The number of carbonyl (C=O) groups excluding carboxylic acids is 2. The third-order valence-corrected chi connectivity index (χ3v) is 4.93. The zero-order valence-corrected chi connectivity index (χ0v) is 16.2. The second-order valence-electron chi connectivity index (χ2n) is 6.67. The number of hydrogen-bond donors (Lipinski definition) is 1. The molecule has 1 aliphatic carbocycles. The second-order valence-corrected chi connectivity index (χ2v) is 7.03. The molecular formula is C20H21ClFN3O3. The van der Waals surface area contributed by atoms with Crippen LogP contribution in [0.1, 0.15) is 36.9 Å². The number of halogens is 2. The zero-order chi connectivity index (χ0) is 20.1. The van der Waals surface area contributed by atoms with Gasteiger partial charge >= 0.3 is 5.97 Å². The Morgan fingerprint density at radius 1 is 1.32 bits per heavy atom. The molecule has 1 aromatic carbocycles. The quantitative estimate of drug-likeness (QED) is 0.588. The van der Waals surface area contributed by atoms with E-state index in [1.54, 1.807) is 19.1 Å². The maximum absolute atomic E-state index is 13.1. The smallest absolute Gasteiger partial charge is 0.331 e. The van der Waals surface area contributed by atoms with Crippen LogP contribution in [0.25, 0.3) is 11.8 Å². The lowest BCUT2D eigenvalue weighted by atomic mass is 10.2. The average molecular weight is 406 g/mol. The standard InChI is InChI=1S/C20H21ClFN3O3/c1-13-17(20(21)25(24-13)16-8-6-14(22)7-9-16)10-11-19(27)28-12-18(26)23-15-4-2-3-5-15/h6-11,15H,2-5,12H2,1H3,(H,23,26)/b11-10+. The largest absolute Gasteiger partial charge is 0.452 e. The van der Waals surface area contributed by atoms with E-state index in [0.717, 1.165) is 25.7 Å². The van der Waals surface area contributed by atoms with Crippen LogP contribution >= 0.6 is 11.6 Å². The van der Waals surface area contributed by atoms with E-state index >= 15 is 0 Å². The number of hydrogen-bond acceptors (Lipinski definition) is 4. The molecule has 0 spiro atoms.